The summed E-state index contributed by atoms with van der Waals surface area (Å²) in [5, 5.41) is 4.84. The first-order chi connectivity index (χ1) is 27.1. The van der Waals surface area contributed by atoms with Gasteiger partial charge in [0.15, 0.2) is 0 Å². The molecule has 2 aliphatic rings. The SMILES string of the molecule is CCCCCCCCCCON1C(C(C)C)CC(OCCCCCCCCOC2CC(C(C)C)N(OCCCCCCCCCC)C(C(C)C)C2)CC1C(C)C. The summed E-state index contributed by atoms with van der Waals surface area (Å²) in [6.07, 6.45) is 34.1. The molecular weight excluding hydrogens is 693 g/mol. The number of nitrogens with zero attached hydrogens (tertiary/aromatic N) is 2. The second-order valence-corrected chi connectivity index (χ2v) is 19.6. The standard InChI is InChI=1S/C50H100N2O4/c1-11-13-15-17-19-21-27-31-35-55-51-47(41(3)4)37-45(38-48(51)42(5)6)53-33-29-25-23-24-26-30-34-54-46-39-49(43(7)8)52(50(40-46)44(9)10)56-36-32-28-22-20-18-16-14-12-2/h41-50H,11-40H2,1-10H3. The van der Waals surface area contributed by atoms with Crippen molar-refractivity contribution in [1.29, 1.82) is 0 Å². The molecule has 0 saturated carbocycles. The van der Waals surface area contributed by atoms with E-state index in [0.717, 1.165) is 52.1 Å². The lowest BCUT2D eigenvalue weighted by Crippen LogP contribution is -2.55. The van der Waals surface area contributed by atoms with Crippen molar-refractivity contribution in [3.63, 3.8) is 0 Å². The van der Waals surface area contributed by atoms with Crippen LogP contribution in [0.1, 0.15) is 236 Å². The van der Waals surface area contributed by atoms with Crippen molar-refractivity contribution in [2.24, 2.45) is 23.7 Å². The average Bonchev–Trinajstić information content (AvgIpc) is 3.17. The van der Waals surface area contributed by atoms with Gasteiger partial charge in [-0.1, -0.05) is 185 Å². The monoisotopic (exact) mass is 793 g/mol. The minimum Gasteiger partial charge on any atom is -0.378 e. The third-order valence-corrected chi connectivity index (χ3v) is 13.1. The van der Waals surface area contributed by atoms with Crippen LogP contribution < -0.4 is 0 Å². The van der Waals surface area contributed by atoms with Crippen LogP contribution in [0, 0.1) is 23.7 Å². The Morgan fingerprint density at radius 2 is 0.571 bits per heavy atom. The first kappa shape index (κ1) is 51.9. The van der Waals surface area contributed by atoms with Gasteiger partial charge in [-0.3, -0.25) is 9.68 Å². The minimum absolute atomic E-state index is 0.355. The Morgan fingerprint density at radius 3 is 0.821 bits per heavy atom. The average molecular weight is 793 g/mol. The third kappa shape index (κ3) is 21.8. The minimum atomic E-state index is 0.355. The molecule has 2 aliphatic heterocycles. The molecule has 0 aliphatic carbocycles. The van der Waals surface area contributed by atoms with E-state index in [4.69, 9.17) is 19.1 Å². The maximum atomic E-state index is 6.60. The Labute approximate surface area is 350 Å². The zero-order valence-electron chi connectivity index (χ0n) is 39.5. The topological polar surface area (TPSA) is 43.4 Å². The molecule has 0 bridgehead atoms. The lowest BCUT2D eigenvalue weighted by molar-refractivity contribution is -0.257. The quantitative estimate of drug-likeness (QED) is 0.0596. The van der Waals surface area contributed by atoms with Gasteiger partial charge in [0, 0.05) is 37.4 Å². The normalized spacial score (nSPS) is 24.1. The van der Waals surface area contributed by atoms with Crippen LogP contribution in [0.25, 0.3) is 0 Å². The highest BCUT2D eigenvalue weighted by molar-refractivity contribution is 4.90. The second kappa shape index (κ2) is 32.5. The number of hydrogen-bond donors (Lipinski definition) is 0. The highest BCUT2D eigenvalue weighted by Crippen LogP contribution is 2.35. The third-order valence-electron chi connectivity index (χ3n) is 13.1. The van der Waals surface area contributed by atoms with Crippen LogP contribution in [0.15, 0.2) is 0 Å². The molecule has 0 aromatic carbocycles. The number of hydrogen-bond acceptors (Lipinski definition) is 6. The van der Waals surface area contributed by atoms with E-state index in [1.165, 1.54) is 141 Å². The van der Waals surface area contributed by atoms with Crippen LogP contribution in [-0.4, -0.2) is 72.9 Å². The molecule has 4 atom stereocenters. The predicted octanol–water partition coefficient (Wildman–Crippen LogP) is 14.5. The molecule has 6 heteroatoms. The zero-order valence-corrected chi connectivity index (χ0v) is 39.5. The van der Waals surface area contributed by atoms with Crippen molar-refractivity contribution >= 4 is 0 Å². The number of ether oxygens (including phenoxy) is 2. The van der Waals surface area contributed by atoms with Crippen LogP contribution >= 0.6 is 0 Å². The number of unbranched alkanes of at least 4 members (excludes halogenated alkanes) is 19. The van der Waals surface area contributed by atoms with Crippen molar-refractivity contribution in [3.8, 4) is 0 Å². The van der Waals surface area contributed by atoms with Crippen molar-refractivity contribution in [2.45, 2.75) is 273 Å². The van der Waals surface area contributed by atoms with Gasteiger partial charge in [-0.05, 0) is 75.0 Å². The first-order valence-corrected chi connectivity index (χ1v) is 25.2. The van der Waals surface area contributed by atoms with Crippen molar-refractivity contribution in [3.05, 3.63) is 0 Å². The van der Waals surface area contributed by atoms with Crippen LogP contribution in [-0.2, 0) is 19.1 Å². The molecule has 4 unspecified atom stereocenters. The van der Waals surface area contributed by atoms with Crippen LogP contribution in [0.2, 0.25) is 0 Å². The fourth-order valence-electron chi connectivity index (χ4n) is 9.32. The molecule has 0 aromatic heterocycles. The van der Waals surface area contributed by atoms with Crippen LogP contribution in [0.3, 0.4) is 0 Å². The number of hydroxylamine groups is 4. The molecule has 0 N–H and O–H groups in total. The molecule has 0 spiro atoms. The van der Waals surface area contributed by atoms with Gasteiger partial charge in [-0.2, -0.15) is 10.1 Å². The Morgan fingerprint density at radius 1 is 0.339 bits per heavy atom. The molecule has 2 fully saturated rings. The summed E-state index contributed by atoms with van der Waals surface area (Å²) >= 11 is 0. The van der Waals surface area contributed by atoms with Gasteiger partial charge in [0.25, 0.3) is 0 Å². The fourth-order valence-corrected chi connectivity index (χ4v) is 9.32. The highest BCUT2D eigenvalue weighted by atomic mass is 16.7. The van der Waals surface area contributed by atoms with Gasteiger partial charge in [0.05, 0.1) is 25.4 Å². The summed E-state index contributed by atoms with van der Waals surface area (Å²) < 4.78 is 13.2. The molecule has 0 aromatic rings. The van der Waals surface area contributed by atoms with Gasteiger partial charge in [-0.15, -0.1) is 0 Å². The van der Waals surface area contributed by atoms with Gasteiger partial charge < -0.3 is 9.47 Å². The van der Waals surface area contributed by atoms with E-state index in [9.17, 15) is 0 Å². The van der Waals surface area contributed by atoms with Crippen LogP contribution in [0.5, 0.6) is 0 Å². The molecule has 6 nitrogen and oxygen atoms in total. The van der Waals surface area contributed by atoms with Crippen molar-refractivity contribution in [2.75, 3.05) is 26.4 Å². The largest absolute Gasteiger partial charge is 0.378 e. The highest BCUT2D eigenvalue weighted by Gasteiger charge is 2.41. The van der Waals surface area contributed by atoms with E-state index in [0.29, 0.717) is 60.0 Å². The van der Waals surface area contributed by atoms with E-state index in [2.05, 4.69) is 79.4 Å². The Bertz CT molecular complexity index is 777. The molecule has 56 heavy (non-hydrogen) atoms. The van der Waals surface area contributed by atoms with Gasteiger partial charge in [0.1, 0.15) is 0 Å². The fraction of sp³-hybridized carbons (Fsp3) is 1.00. The van der Waals surface area contributed by atoms with E-state index < -0.39 is 0 Å². The maximum absolute atomic E-state index is 6.60. The summed E-state index contributed by atoms with van der Waals surface area (Å²) in [6, 6.07) is 1.76. The zero-order chi connectivity index (χ0) is 41.0. The van der Waals surface area contributed by atoms with E-state index in [-0.39, 0.29) is 0 Å². The molecule has 334 valence electrons. The van der Waals surface area contributed by atoms with Gasteiger partial charge in [-0.25, -0.2) is 0 Å². The van der Waals surface area contributed by atoms with Gasteiger partial charge >= 0.3 is 0 Å². The predicted molar refractivity (Wildman–Crippen MR) is 241 cm³/mol. The van der Waals surface area contributed by atoms with E-state index in [1.54, 1.807) is 0 Å². The first-order valence-electron chi connectivity index (χ1n) is 25.2. The van der Waals surface area contributed by atoms with Gasteiger partial charge in [0.2, 0.25) is 0 Å². The molecular formula is C50H100N2O4. The molecule has 0 amide bonds. The Balaban J connectivity index is 1.61. The maximum Gasteiger partial charge on any atom is 0.0685 e. The van der Waals surface area contributed by atoms with Crippen LogP contribution in [0.4, 0.5) is 0 Å². The van der Waals surface area contributed by atoms with Crippen molar-refractivity contribution in [1.82, 2.24) is 10.1 Å². The van der Waals surface area contributed by atoms with E-state index >= 15 is 0 Å². The summed E-state index contributed by atoms with van der Waals surface area (Å²) in [5.74, 6) is 2.26. The molecule has 0 radical (unpaired) electrons. The van der Waals surface area contributed by atoms with Crippen molar-refractivity contribution < 1.29 is 19.1 Å². The smallest absolute Gasteiger partial charge is 0.0685 e. The summed E-state index contributed by atoms with van der Waals surface area (Å²) in [7, 11) is 0. The molecule has 2 heterocycles. The Hall–Kier alpha value is -0.240. The van der Waals surface area contributed by atoms with E-state index in [1.807, 2.05) is 0 Å². The lowest BCUT2D eigenvalue weighted by atomic mass is 9.84. The number of piperidine rings is 2. The summed E-state index contributed by atoms with van der Waals surface area (Å²) in [4.78, 5) is 13.2. The Kier molecular flexibility index (Phi) is 30.1. The lowest BCUT2D eigenvalue weighted by Gasteiger charge is -2.47. The molecule has 2 saturated heterocycles. The summed E-state index contributed by atoms with van der Waals surface area (Å²) in [5.41, 5.74) is 0. The summed E-state index contributed by atoms with van der Waals surface area (Å²) in [6.45, 7) is 27.0. The second-order valence-electron chi connectivity index (χ2n) is 19.6. The number of rotatable bonds is 35. The molecule has 2 rings (SSSR count).